The van der Waals surface area contributed by atoms with E-state index in [4.69, 9.17) is 5.73 Å². The molecule has 1 heterocycles. The van der Waals surface area contributed by atoms with Gasteiger partial charge in [0.25, 0.3) is 0 Å². The molecule has 0 amide bonds. The summed E-state index contributed by atoms with van der Waals surface area (Å²) in [4.78, 5) is 0. The third kappa shape index (κ3) is 1.57. The Balaban J connectivity index is 1.90. The van der Waals surface area contributed by atoms with E-state index in [9.17, 15) is 0 Å². The minimum Gasteiger partial charge on any atom is -0.325 e. The van der Waals surface area contributed by atoms with Crippen molar-refractivity contribution in [3.8, 4) is 0 Å². The van der Waals surface area contributed by atoms with Crippen molar-refractivity contribution in [1.29, 1.82) is 0 Å². The third-order valence-corrected chi connectivity index (χ3v) is 3.22. The molecule has 2 fully saturated rings. The lowest BCUT2D eigenvalue weighted by Gasteiger charge is -2.20. The summed E-state index contributed by atoms with van der Waals surface area (Å²) in [6.07, 6.45) is 6.53. The lowest BCUT2D eigenvalue weighted by atomic mass is 9.91. The van der Waals surface area contributed by atoms with Gasteiger partial charge in [-0.2, -0.15) is 0 Å². The van der Waals surface area contributed by atoms with E-state index in [0.717, 1.165) is 5.92 Å². The summed E-state index contributed by atoms with van der Waals surface area (Å²) < 4.78 is 0. The molecule has 1 saturated heterocycles. The van der Waals surface area contributed by atoms with E-state index >= 15 is 0 Å². The van der Waals surface area contributed by atoms with E-state index in [-0.39, 0.29) is 5.54 Å². The molecule has 64 valence electrons. The van der Waals surface area contributed by atoms with E-state index in [0.29, 0.717) is 0 Å². The molecule has 1 saturated carbocycles. The smallest absolute Gasteiger partial charge is 0.0184 e. The second kappa shape index (κ2) is 2.76. The number of nitrogens with one attached hydrogen (secondary N) is 1. The van der Waals surface area contributed by atoms with E-state index in [1.54, 1.807) is 0 Å². The van der Waals surface area contributed by atoms with Crippen LogP contribution in [0.3, 0.4) is 0 Å². The van der Waals surface area contributed by atoms with Gasteiger partial charge in [-0.1, -0.05) is 0 Å². The number of nitrogens with two attached hydrogens (primary N) is 1. The van der Waals surface area contributed by atoms with E-state index < -0.39 is 0 Å². The van der Waals surface area contributed by atoms with Gasteiger partial charge in [0.1, 0.15) is 0 Å². The first kappa shape index (κ1) is 7.56. The summed E-state index contributed by atoms with van der Waals surface area (Å²) in [5.74, 6) is 0.817. The van der Waals surface area contributed by atoms with Crippen LogP contribution in [0.2, 0.25) is 0 Å². The molecule has 0 aromatic rings. The molecule has 3 N–H and O–H groups in total. The van der Waals surface area contributed by atoms with Crippen LogP contribution < -0.4 is 11.1 Å². The fourth-order valence-electron chi connectivity index (χ4n) is 2.15. The zero-order valence-electron chi connectivity index (χ0n) is 7.10. The zero-order chi connectivity index (χ0) is 7.73. The molecule has 2 heteroatoms. The van der Waals surface area contributed by atoms with E-state index in [1.807, 2.05) is 0 Å². The first-order chi connectivity index (χ1) is 5.31. The SMILES string of the molecule is NC1(C2CCCNCC2)CC1. The first-order valence-electron chi connectivity index (χ1n) is 4.81. The van der Waals surface area contributed by atoms with Crippen LogP contribution in [0.5, 0.6) is 0 Å². The van der Waals surface area contributed by atoms with Gasteiger partial charge in [0.2, 0.25) is 0 Å². The van der Waals surface area contributed by atoms with Gasteiger partial charge in [-0.15, -0.1) is 0 Å². The predicted molar refractivity (Wildman–Crippen MR) is 46.4 cm³/mol. The van der Waals surface area contributed by atoms with Gasteiger partial charge in [-0.25, -0.2) is 0 Å². The minimum absolute atomic E-state index is 0.270. The molecular formula is C9H18N2. The van der Waals surface area contributed by atoms with Crippen LogP contribution in [-0.4, -0.2) is 18.6 Å². The fourth-order valence-corrected chi connectivity index (χ4v) is 2.15. The average molecular weight is 154 g/mol. The summed E-state index contributed by atoms with van der Waals surface area (Å²) >= 11 is 0. The number of hydrogen-bond donors (Lipinski definition) is 2. The van der Waals surface area contributed by atoms with E-state index in [1.165, 1.54) is 45.2 Å². The summed E-state index contributed by atoms with van der Waals surface area (Å²) in [6, 6.07) is 0. The van der Waals surface area contributed by atoms with Gasteiger partial charge >= 0.3 is 0 Å². The van der Waals surface area contributed by atoms with Crippen LogP contribution >= 0.6 is 0 Å². The topological polar surface area (TPSA) is 38.0 Å². The molecule has 1 atom stereocenters. The fraction of sp³-hybridized carbons (Fsp3) is 1.00. The minimum atomic E-state index is 0.270. The summed E-state index contributed by atoms with van der Waals surface area (Å²) in [6.45, 7) is 2.39. The molecule has 2 rings (SSSR count). The van der Waals surface area contributed by atoms with Crippen molar-refractivity contribution in [1.82, 2.24) is 5.32 Å². The van der Waals surface area contributed by atoms with Crippen molar-refractivity contribution in [2.24, 2.45) is 11.7 Å². The Kier molecular flexibility index (Phi) is 1.90. The lowest BCUT2D eigenvalue weighted by Crippen LogP contribution is -2.32. The van der Waals surface area contributed by atoms with Gasteiger partial charge in [-0.3, -0.25) is 0 Å². The van der Waals surface area contributed by atoms with Crippen LogP contribution in [0.15, 0.2) is 0 Å². The highest BCUT2D eigenvalue weighted by Gasteiger charge is 2.44. The van der Waals surface area contributed by atoms with Gasteiger partial charge in [0.15, 0.2) is 0 Å². The number of hydrogen-bond acceptors (Lipinski definition) is 2. The highest BCUT2D eigenvalue weighted by molar-refractivity contribution is 5.04. The van der Waals surface area contributed by atoms with Crippen LogP contribution in [0.4, 0.5) is 0 Å². The van der Waals surface area contributed by atoms with Crippen molar-refractivity contribution >= 4 is 0 Å². The van der Waals surface area contributed by atoms with Crippen molar-refractivity contribution < 1.29 is 0 Å². The largest absolute Gasteiger partial charge is 0.325 e. The highest BCUT2D eigenvalue weighted by atomic mass is 14.9. The van der Waals surface area contributed by atoms with Gasteiger partial charge in [0.05, 0.1) is 0 Å². The molecule has 0 spiro atoms. The normalized spacial score (nSPS) is 36.3. The molecule has 0 aromatic carbocycles. The Morgan fingerprint density at radius 3 is 2.73 bits per heavy atom. The quantitative estimate of drug-likeness (QED) is 0.588. The maximum Gasteiger partial charge on any atom is 0.0184 e. The van der Waals surface area contributed by atoms with Crippen LogP contribution in [0, 0.1) is 5.92 Å². The lowest BCUT2D eigenvalue weighted by molar-refractivity contribution is 0.367. The highest BCUT2D eigenvalue weighted by Crippen LogP contribution is 2.43. The molecule has 1 unspecified atom stereocenters. The molecule has 2 aliphatic rings. The zero-order valence-corrected chi connectivity index (χ0v) is 7.10. The third-order valence-electron chi connectivity index (χ3n) is 3.22. The Hall–Kier alpha value is -0.0800. The Morgan fingerprint density at radius 2 is 2.00 bits per heavy atom. The van der Waals surface area contributed by atoms with Crippen molar-refractivity contribution in [3.05, 3.63) is 0 Å². The summed E-state index contributed by atoms with van der Waals surface area (Å²) in [7, 11) is 0. The Bertz CT molecular complexity index is 132. The average Bonchev–Trinajstić information content (AvgIpc) is 2.73. The Morgan fingerprint density at radius 1 is 1.18 bits per heavy atom. The second-order valence-electron chi connectivity index (χ2n) is 4.11. The molecule has 0 aromatic heterocycles. The van der Waals surface area contributed by atoms with Gasteiger partial charge in [0, 0.05) is 5.54 Å². The second-order valence-corrected chi connectivity index (χ2v) is 4.11. The standard InChI is InChI=1S/C9H18N2/c10-9(4-5-9)8-2-1-6-11-7-3-8/h8,11H,1-7,10H2. The molecule has 2 nitrogen and oxygen atoms in total. The molecule has 1 aliphatic carbocycles. The number of rotatable bonds is 1. The van der Waals surface area contributed by atoms with Crippen LogP contribution in [0.25, 0.3) is 0 Å². The Labute approximate surface area is 68.5 Å². The predicted octanol–water partition coefficient (Wildman–Crippen LogP) is 0.867. The monoisotopic (exact) mass is 154 g/mol. The maximum absolute atomic E-state index is 6.16. The van der Waals surface area contributed by atoms with Gasteiger partial charge < -0.3 is 11.1 Å². The van der Waals surface area contributed by atoms with Crippen molar-refractivity contribution in [2.45, 2.75) is 37.6 Å². The maximum atomic E-state index is 6.16. The van der Waals surface area contributed by atoms with Crippen LogP contribution in [-0.2, 0) is 0 Å². The molecule has 0 radical (unpaired) electrons. The van der Waals surface area contributed by atoms with E-state index in [2.05, 4.69) is 5.32 Å². The molecule has 0 bridgehead atoms. The molecule has 1 aliphatic heterocycles. The summed E-state index contributed by atoms with van der Waals surface area (Å²) in [5, 5.41) is 3.42. The van der Waals surface area contributed by atoms with Crippen LogP contribution in [0.1, 0.15) is 32.1 Å². The summed E-state index contributed by atoms with van der Waals surface area (Å²) in [5.41, 5.74) is 6.43. The van der Waals surface area contributed by atoms with Gasteiger partial charge in [-0.05, 0) is 51.1 Å². The molecular weight excluding hydrogens is 136 g/mol. The molecule has 11 heavy (non-hydrogen) atoms. The first-order valence-corrected chi connectivity index (χ1v) is 4.81. The van der Waals surface area contributed by atoms with Crippen molar-refractivity contribution in [2.75, 3.05) is 13.1 Å². The van der Waals surface area contributed by atoms with Crippen molar-refractivity contribution in [3.63, 3.8) is 0 Å².